The van der Waals surface area contributed by atoms with Gasteiger partial charge in [0.2, 0.25) is 0 Å². The Bertz CT molecular complexity index is 576. The maximum atomic E-state index is 5.34. The smallest absolute Gasteiger partial charge is 0.136 e. The van der Waals surface area contributed by atoms with E-state index in [-0.39, 0.29) is 0 Å². The molecule has 1 aliphatic rings. The molecule has 2 aromatic rings. The first-order valence-electron chi connectivity index (χ1n) is 7.16. The number of aromatic nitrogens is 2. The second-order valence-electron chi connectivity index (χ2n) is 5.14. The molecule has 5 nitrogen and oxygen atoms in total. The molecule has 1 aliphatic carbocycles. The second-order valence-corrected chi connectivity index (χ2v) is 5.14. The summed E-state index contributed by atoms with van der Waals surface area (Å²) in [7, 11) is 0. The molecule has 0 spiro atoms. The lowest BCUT2D eigenvalue weighted by atomic mass is 10.2. The van der Waals surface area contributed by atoms with Gasteiger partial charge in [0.15, 0.2) is 0 Å². The molecular formula is C15H20N4O. The third kappa shape index (κ3) is 2.76. The number of nitrogens with zero attached hydrogens (tertiary/aromatic N) is 2. The van der Waals surface area contributed by atoms with Crippen molar-refractivity contribution in [2.45, 2.75) is 39.2 Å². The van der Waals surface area contributed by atoms with E-state index in [1.165, 1.54) is 12.8 Å². The Kier molecular flexibility index (Phi) is 3.58. The van der Waals surface area contributed by atoms with Gasteiger partial charge in [0.05, 0.1) is 12.8 Å². The lowest BCUT2D eigenvalue weighted by Crippen LogP contribution is -2.10. The molecule has 0 aromatic carbocycles. The minimum atomic E-state index is 0.539. The van der Waals surface area contributed by atoms with Crippen LogP contribution >= 0.6 is 0 Å². The number of hydrogen-bond donors (Lipinski definition) is 2. The van der Waals surface area contributed by atoms with Gasteiger partial charge in [-0.05, 0) is 38.8 Å². The molecule has 0 bridgehead atoms. The van der Waals surface area contributed by atoms with Gasteiger partial charge >= 0.3 is 0 Å². The zero-order valence-electron chi connectivity index (χ0n) is 11.9. The summed E-state index contributed by atoms with van der Waals surface area (Å²) in [4.78, 5) is 9.32. The van der Waals surface area contributed by atoms with Gasteiger partial charge < -0.3 is 15.1 Å². The molecule has 106 valence electrons. The number of hydrogen-bond acceptors (Lipinski definition) is 5. The Hall–Kier alpha value is -2.04. The topological polar surface area (TPSA) is 63.0 Å². The van der Waals surface area contributed by atoms with Crippen LogP contribution in [-0.2, 0) is 6.54 Å². The summed E-state index contributed by atoms with van der Waals surface area (Å²) in [5, 5.41) is 6.67. The van der Waals surface area contributed by atoms with E-state index in [9.17, 15) is 0 Å². The second kappa shape index (κ2) is 5.53. The molecule has 2 heterocycles. The fourth-order valence-electron chi connectivity index (χ4n) is 2.15. The Labute approximate surface area is 118 Å². The Morgan fingerprint density at radius 1 is 1.25 bits per heavy atom. The molecule has 2 aromatic heterocycles. The molecule has 2 N–H and O–H groups in total. The van der Waals surface area contributed by atoms with E-state index in [1.54, 1.807) is 6.26 Å². The minimum absolute atomic E-state index is 0.539. The summed E-state index contributed by atoms with van der Waals surface area (Å²) in [6.07, 6.45) is 4.09. The van der Waals surface area contributed by atoms with Crippen LogP contribution in [0.2, 0.25) is 0 Å². The Balaban J connectivity index is 1.83. The third-order valence-corrected chi connectivity index (χ3v) is 3.46. The molecule has 0 atom stereocenters. The van der Waals surface area contributed by atoms with Crippen LogP contribution in [-0.4, -0.2) is 16.5 Å². The first kappa shape index (κ1) is 13.0. The monoisotopic (exact) mass is 272 g/mol. The molecule has 0 unspecified atom stereocenters. The van der Waals surface area contributed by atoms with Crippen molar-refractivity contribution in [3.05, 3.63) is 35.5 Å². The predicted molar refractivity (Wildman–Crippen MR) is 78.9 cm³/mol. The molecule has 3 rings (SSSR count). The summed E-state index contributed by atoms with van der Waals surface area (Å²) in [5.74, 6) is 4.23. The number of furan rings is 1. The summed E-state index contributed by atoms with van der Waals surface area (Å²) in [5.41, 5.74) is 1.06. The predicted octanol–water partition coefficient (Wildman–Crippen LogP) is 3.30. The maximum absolute atomic E-state index is 5.34. The van der Waals surface area contributed by atoms with Crippen molar-refractivity contribution < 1.29 is 4.42 Å². The molecule has 0 saturated heterocycles. The summed E-state index contributed by atoms with van der Waals surface area (Å²) >= 11 is 0. The zero-order chi connectivity index (χ0) is 13.9. The molecule has 1 saturated carbocycles. The molecule has 1 fully saturated rings. The third-order valence-electron chi connectivity index (χ3n) is 3.46. The van der Waals surface area contributed by atoms with E-state index < -0.39 is 0 Å². The zero-order valence-corrected chi connectivity index (χ0v) is 11.9. The fraction of sp³-hybridized carbons (Fsp3) is 0.467. The van der Waals surface area contributed by atoms with E-state index >= 15 is 0 Å². The summed E-state index contributed by atoms with van der Waals surface area (Å²) < 4.78 is 5.34. The largest absolute Gasteiger partial charge is 0.467 e. The van der Waals surface area contributed by atoms with Crippen molar-refractivity contribution >= 4 is 11.6 Å². The van der Waals surface area contributed by atoms with Crippen molar-refractivity contribution in [3.63, 3.8) is 0 Å². The van der Waals surface area contributed by atoms with Gasteiger partial charge in [0.1, 0.15) is 23.2 Å². The van der Waals surface area contributed by atoms with Crippen LogP contribution in [0.4, 0.5) is 11.6 Å². The maximum Gasteiger partial charge on any atom is 0.136 e. The van der Waals surface area contributed by atoms with Crippen molar-refractivity contribution in [2.75, 3.05) is 17.2 Å². The van der Waals surface area contributed by atoms with Crippen molar-refractivity contribution in [2.24, 2.45) is 0 Å². The summed E-state index contributed by atoms with van der Waals surface area (Å²) in [6.45, 7) is 5.62. The molecule has 0 radical (unpaired) electrons. The van der Waals surface area contributed by atoms with Crippen molar-refractivity contribution in [3.8, 4) is 0 Å². The first-order chi connectivity index (χ1) is 9.78. The van der Waals surface area contributed by atoms with Crippen LogP contribution in [0.1, 0.15) is 42.8 Å². The van der Waals surface area contributed by atoms with Crippen LogP contribution in [0.5, 0.6) is 0 Å². The summed E-state index contributed by atoms with van der Waals surface area (Å²) in [6, 6.07) is 3.85. The number of nitrogens with one attached hydrogen (secondary N) is 2. The van der Waals surface area contributed by atoms with E-state index in [0.29, 0.717) is 12.5 Å². The van der Waals surface area contributed by atoms with Crippen LogP contribution in [0, 0.1) is 6.92 Å². The van der Waals surface area contributed by atoms with Gasteiger partial charge in [-0.3, -0.25) is 0 Å². The minimum Gasteiger partial charge on any atom is -0.467 e. The molecule has 5 heteroatoms. The van der Waals surface area contributed by atoms with Gasteiger partial charge in [0, 0.05) is 18.0 Å². The van der Waals surface area contributed by atoms with Gasteiger partial charge in [-0.1, -0.05) is 0 Å². The quantitative estimate of drug-likeness (QED) is 0.844. The van der Waals surface area contributed by atoms with Crippen molar-refractivity contribution in [1.29, 1.82) is 0 Å². The van der Waals surface area contributed by atoms with Crippen LogP contribution in [0.3, 0.4) is 0 Å². The Morgan fingerprint density at radius 2 is 2.00 bits per heavy atom. The average Bonchev–Trinajstić information content (AvgIpc) is 3.17. The van der Waals surface area contributed by atoms with Gasteiger partial charge in [-0.2, -0.15) is 0 Å². The highest BCUT2D eigenvalue weighted by molar-refractivity contribution is 5.57. The van der Waals surface area contributed by atoms with Crippen LogP contribution < -0.4 is 10.6 Å². The Morgan fingerprint density at radius 3 is 2.60 bits per heavy atom. The lowest BCUT2D eigenvalue weighted by molar-refractivity contribution is 0.517. The normalized spacial score (nSPS) is 14.3. The van der Waals surface area contributed by atoms with Crippen LogP contribution in [0.25, 0.3) is 0 Å². The molecule has 20 heavy (non-hydrogen) atoms. The van der Waals surface area contributed by atoms with Crippen molar-refractivity contribution in [1.82, 2.24) is 9.97 Å². The SMILES string of the molecule is CCNc1nc(C2CC2)nc(NCc2ccco2)c1C. The van der Waals surface area contributed by atoms with E-state index in [0.717, 1.165) is 35.3 Å². The lowest BCUT2D eigenvalue weighted by Gasteiger charge is -2.14. The number of anilines is 2. The average molecular weight is 272 g/mol. The highest BCUT2D eigenvalue weighted by atomic mass is 16.3. The highest BCUT2D eigenvalue weighted by Crippen LogP contribution is 2.39. The molecule has 0 aliphatic heterocycles. The fourth-order valence-corrected chi connectivity index (χ4v) is 2.15. The molecule has 0 amide bonds. The number of rotatable bonds is 6. The van der Waals surface area contributed by atoms with E-state index in [2.05, 4.69) is 27.5 Å². The highest BCUT2D eigenvalue weighted by Gasteiger charge is 2.28. The van der Waals surface area contributed by atoms with E-state index in [1.807, 2.05) is 19.1 Å². The van der Waals surface area contributed by atoms with Crippen LogP contribution in [0.15, 0.2) is 22.8 Å². The van der Waals surface area contributed by atoms with Gasteiger partial charge in [0.25, 0.3) is 0 Å². The first-order valence-corrected chi connectivity index (χ1v) is 7.16. The molecular weight excluding hydrogens is 252 g/mol. The van der Waals surface area contributed by atoms with E-state index in [4.69, 9.17) is 4.42 Å². The standard InChI is InChI=1S/C15H20N4O/c1-3-16-13-10(2)14(17-9-12-5-4-8-20-12)19-15(18-13)11-6-7-11/h4-5,8,11H,3,6-7,9H2,1-2H3,(H2,16,17,18,19). The van der Waals surface area contributed by atoms with Gasteiger partial charge in [-0.15, -0.1) is 0 Å². The van der Waals surface area contributed by atoms with Gasteiger partial charge in [-0.25, -0.2) is 9.97 Å².